The second-order valence-electron chi connectivity index (χ2n) is 3.59. The van der Waals surface area contributed by atoms with Crippen molar-refractivity contribution >= 4 is 16.1 Å². The van der Waals surface area contributed by atoms with Gasteiger partial charge >= 0.3 is 5.97 Å². The van der Waals surface area contributed by atoms with Gasteiger partial charge in [0, 0.05) is 6.54 Å². The standard InChI is InChI=1S/C6H12O7.C2H7NO3S/c7-1-2(8)3(9)4(10)5(11)6(12)13;3-1-2-7(4,5)6/h2-5,7-11H,1H2,(H,12,13);1-3H2,(H,4,5,6)/t2-,3-,4+,5-;/m1./s1. The second kappa shape index (κ2) is 9.95. The molecule has 0 radical (unpaired) electrons. The highest BCUT2D eigenvalue weighted by molar-refractivity contribution is 7.85. The number of hydrogen-bond acceptors (Lipinski definition) is 9. The summed E-state index contributed by atoms with van der Waals surface area (Å²) < 4.78 is 27.3. The molecule has 0 aliphatic rings. The van der Waals surface area contributed by atoms with Gasteiger partial charge in [-0.25, -0.2) is 4.79 Å². The molecular formula is C8H19NO10S. The van der Waals surface area contributed by atoms with Crippen LogP contribution in [0.2, 0.25) is 0 Å². The quantitative estimate of drug-likeness (QED) is 0.208. The first-order chi connectivity index (χ1) is 8.97. The summed E-state index contributed by atoms with van der Waals surface area (Å²) in [6.45, 7) is -0.872. The molecule has 11 nitrogen and oxygen atoms in total. The SMILES string of the molecule is NCCS(=O)(=O)O.O=C(O)[C@H](O)[C@@H](O)[C@H](O)[C@H](O)CO. The zero-order chi connectivity index (χ0) is 16.5. The number of carbonyl (C=O) groups is 1. The van der Waals surface area contributed by atoms with Gasteiger partial charge in [-0.1, -0.05) is 0 Å². The molecular weight excluding hydrogens is 302 g/mol. The molecule has 0 aromatic carbocycles. The third-order valence-corrected chi connectivity index (χ3v) is 2.64. The topological polar surface area (TPSA) is 219 Å². The van der Waals surface area contributed by atoms with Crippen molar-refractivity contribution < 1.29 is 48.4 Å². The Morgan fingerprint density at radius 1 is 1.10 bits per heavy atom. The maximum Gasteiger partial charge on any atom is 0.335 e. The predicted octanol–water partition coefficient (Wildman–Crippen LogP) is -4.66. The average Bonchev–Trinajstić information content (AvgIpc) is 2.34. The minimum Gasteiger partial charge on any atom is -0.479 e. The van der Waals surface area contributed by atoms with Crippen LogP contribution in [0.4, 0.5) is 0 Å². The van der Waals surface area contributed by atoms with Crippen molar-refractivity contribution in [3.8, 4) is 0 Å². The van der Waals surface area contributed by atoms with Crippen LogP contribution in [-0.2, 0) is 14.9 Å². The minimum atomic E-state index is -3.80. The van der Waals surface area contributed by atoms with Crippen molar-refractivity contribution in [1.29, 1.82) is 0 Å². The van der Waals surface area contributed by atoms with E-state index < -0.39 is 47.1 Å². The Labute approximate surface area is 114 Å². The van der Waals surface area contributed by atoms with Crippen molar-refractivity contribution in [1.82, 2.24) is 0 Å². The molecule has 12 heteroatoms. The van der Waals surface area contributed by atoms with Gasteiger partial charge in [0.05, 0.1) is 12.4 Å². The van der Waals surface area contributed by atoms with Crippen LogP contribution in [0.1, 0.15) is 0 Å². The van der Waals surface area contributed by atoms with Crippen molar-refractivity contribution in [3.63, 3.8) is 0 Å². The number of nitrogens with two attached hydrogens (primary N) is 1. The molecule has 0 fully saturated rings. The Morgan fingerprint density at radius 2 is 1.55 bits per heavy atom. The van der Waals surface area contributed by atoms with Gasteiger partial charge in [-0.2, -0.15) is 8.42 Å². The Bertz CT molecular complexity index is 371. The van der Waals surface area contributed by atoms with Crippen LogP contribution < -0.4 is 5.73 Å². The fraction of sp³-hybridized carbons (Fsp3) is 0.875. The van der Waals surface area contributed by atoms with Crippen LogP contribution in [0.3, 0.4) is 0 Å². The van der Waals surface area contributed by atoms with Gasteiger partial charge in [-0.05, 0) is 0 Å². The lowest BCUT2D eigenvalue weighted by Gasteiger charge is -2.23. The van der Waals surface area contributed by atoms with Crippen LogP contribution in [-0.4, -0.2) is 92.9 Å². The largest absolute Gasteiger partial charge is 0.479 e. The van der Waals surface area contributed by atoms with Crippen LogP contribution in [0.25, 0.3) is 0 Å². The summed E-state index contributed by atoms with van der Waals surface area (Å²) >= 11 is 0. The van der Waals surface area contributed by atoms with E-state index in [1.807, 2.05) is 0 Å². The summed E-state index contributed by atoms with van der Waals surface area (Å²) in [5.74, 6) is -2.08. The van der Waals surface area contributed by atoms with Gasteiger partial charge in [0.2, 0.25) is 0 Å². The lowest BCUT2D eigenvalue weighted by atomic mass is 10.0. The number of aliphatic carboxylic acids is 1. The molecule has 0 aromatic heterocycles. The maximum absolute atomic E-state index is 10.1. The molecule has 0 saturated carbocycles. The molecule has 4 atom stereocenters. The van der Waals surface area contributed by atoms with Gasteiger partial charge < -0.3 is 36.4 Å². The molecule has 0 saturated heterocycles. The summed E-state index contributed by atoms with van der Waals surface area (Å²) in [5, 5.41) is 51.8. The number of rotatable bonds is 7. The molecule has 9 N–H and O–H groups in total. The smallest absolute Gasteiger partial charge is 0.335 e. The molecule has 0 amide bonds. The van der Waals surface area contributed by atoms with Crippen LogP contribution in [0.5, 0.6) is 0 Å². The molecule has 0 spiro atoms. The number of carboxylic acid groups (broad SMARTS) is 1. The Balaban J connectivity index is 0. The first-order valence-electron chi connectivity index (χ1n) is 5.19. The number of carboxylic acids is 1. The van der Waals surface area contributed by atoms with Crippen LogP contribution >= 0.6 is 0 Å². The first-order valence-corrected chi connectivity index (χ1v) is 6.80. The Morgan fingerprint density at radius 3 is 1.75 bits per heavy atom. The van der Waals surface area contributed by atoms with Gasteiger partial charge in [0.15, 0.2) is 6.10 Å². The van der Waals surface area contributed by atoms with Crippen molar-refractivity contribution in [2.24, 2.45) is 5.73 Å². The van der Waals surface area contributed by atoms with Crippen LogP contribution in [0.15, 0.2) is 0 Å². The van der Waals surface area contributed by atoms with E-state index in [-0.39, 0.29) is 12.3 Å². The fourth-order valence-corrected chi connectivity index (χ4v) is 1.12. The monoisotopic (exact) mass is 321 g/mol. The van der Waals surface area contributed by atoms with E-state index in [4.69, 9.17) is 40.9 Å². The molecule has 0 aliphatic heterocycles. The summed E-state index contributed by atoms with van der Waals surface area (Å²) in [5.41, 5.74) is 4.78. The highest BCUT2D eigenvalue weighted by atomic mass is 32.2. The maximum atomic E-state index is 10.1. The van der Waals surface area contributed by atoms with Crippen LogP contribution in [0, 0.1) is 0 Å². The summed E-state index contributed by atoms with van der Waals surface area (Å²) in [6.07, 6.45) is -7.84. The lowest BCUT2D eigenvalue weighted by Crippen LogP contribution is -2.48. The average molecular weight is 321 g/mol. The van der Waals surface area contributed by atoms with Gasteiger partial charge in [0.25, 0.3) is 10.1 Å². The van der Waals surface area contributed by atoms with Crippen molar-refractivity contribution in [2.45, 2.75) is 24.4 Å². The normalized spacial score (nSPS) is 17.4. The van der Waals surface area contributed by atoms with E-state index in [9.17, 15) is 13.2 Å². The number of aliphatic hydroxyl groups is 5. The van der Waals surface area contributed by atoms with E-state index in [1.165, 1.54) is 0 Å². The highest BCUT2D eigenvalue weighted by Crippen LogP contribution is 2.04. The van der Waals surface area contributed by atoms with E-state index >= 15 is 0 Å². The van der Waals surface area contributed by atoms with Gasteiger partial charge in [-0.3, -0.25) is 4.55 Å². The van der Waals surface area contributed by atoms with Crippen molar-refractivity contribution in [3.05, 3.63) is 0 Å². The fourth-order valence-electron chi connectivity index (χ4n) is 0.817. The molecule has 20 heavy (non-hydrogen) atoms. The van der Waals surface area contributed by atoms with E-state index in [2.05, 4.69) is 0 Å². The molecule has 0 aliphatic carbocycles. The van der Waals surface area contributed by atoms with E-state index in [0.29, 0.717) is 0 Å². The third-order valence-electron chi connectivity index (χ3n) is 1.88. The number of hydrogen-bond donors (Lipinski definition) is 8. The minimum absolute atomic E-state index is 0.0289. The van der Waals surface area contributed by atoms with Gasteiger partial charge in [-0.15, -0.1) is 0 Å². The Kier molecular flexibility index (Phi) is 10.7. The third kappa shape index (κ3) is 9.99. The van der Waals surface area contributed by atoms with E-state index in [1.54, 1.807) is 0 Å². The van der Waals surface area contributed by atoms with E-state index in [0.717, 1.165) is 0 Å². The molecule has 0 heterocycles. The summed E-state index contributed by atoms with van der Waals surface area (Å²) in [6, 6.07) is 0. The predicted molar refractivity (Wildman–Crippen MR) is 64.2 cm³/mol. The zero-order valence-electron chi connectivity index (χ0n) is 10.3. The summed E-state index contributed by atoms with van der Waals surface area (Å²) in [7, 11) is -3.80. The lowest BCUT2D eigenvalue weighted by molar-refractivity contribution is -0.164. The molecule has 0 rings (SSSR count). The zero-order valence-corrected chi connectivity index (χ0v) is 11.1. The molecule has 122 valence electrons. The highest BCUT2D eigenvalue weighted by Gasteiger charge is 2.33. The number of aliphatic hydroxyl groups excluding tert-OH is 5. The van der Waals surface area contributed by atoms with Gasteiger partial charge in [0.1, 0.15) is 18.3 Å². The molecule has 0 bridgehead atoms. The molecule has 0 unspecified atom stereocenters. The van der Waals surface area contributed by atoms with Crippen molar-refractivity contribution in [2.75, 3.05) is 18.9 Å². The second-order valence-corrected chi connectivity index (χ2v) is 5.16. The Hall–Kier alpha value is -0.860. The molecule has 0 aromatic rings. The first kappa shape index (κ1) is 21.4. The summed E-state index contributed by atoms with van der Waals surface area (Å²) in [4.78, 5) is 10.1.